The number of rotatable bonds is 6. The number of carbonyl (C=O) groups is 2. The molecule has 226 valence electrons. The number of nitrogens with one attached hydrogen (secondary N) is 1. The summed E-state index contributed by atoms with van der Waals surface area (Å²) in [6.07, 6.45) is -9.83. The van der Waals surface area contributed by atoms with Crippen molar-refractivity contribution in [3.05, 3.63) is 70.5 Å². The van der Waals surface area contributed by atoms with Crippen molar-refractivity contribution in [2.75, 3.05) is 19.6 Å². The van der Waals surface area contributed by atoms with Gasteiger partial charge in [-0.1, -0.05) is 19.1 Å². The Labute approximate surface area is 234 Å². The van der Waals surface area contributed by atoms with Gasteiger partial charge in [0.25, 0.3) is 0 Å². The minimum absolute atomic E-state index is 0.0604. The first kappa shape index (κ1) is 32.2. The highest BCUT2D eigenvalue weighted by molar-refractivity contribution is 5.78. The number of carbonyl (C=O) groups excluding carboxylic acids is 2. The van der Waals surface area contributed by atoms with Crippen LogP contribution in [-0.2, 0) is 27.3 Å². The van der Waals surface area contributed by atoms with Crippen molar-refractivity contribution in [1.29, 1.82) is 0 Å². The minimum Gasteiger partial charge on any atom is -0.444 e. The van der Waals surface area contributed by atoms with Crippen molar-refractivity contribution in [1.82, 2.24) is 10.2 Å². The lowest BCUT2D eigenvalue weighted by Gasteiger charge is -2.42. The zero-order valence-corrected chi connectivity index (χ0v) is 23.2. The van der Waals surface area contributed by atoms with Crippen LogP contribution in [0.5, 0.6) is 0 Å². The number of ether oxygens (including phenoxy) is 1. The Kier molecular flexibility index (Phi) is 9.34. The van der Waals surface area contributed by atoms with E-state index in [9.17, 15) is 40.3 Å². The maximum absolute atomic E-state index is 13.7. The largest absolute Gasteiger partial charge is 0.444 e. The number of piperidine rings is 1. The van der Waals surface area contributed by atoms with Gasteiger partial charge < -0.3 is 15.0 Å². The number of alkyl halides is 6. The standard InChI is InChI=1S/C29H33F7N2O3/c1-18(19-13-21(28(31,32)33)15-22(14-19)29(34,35)36)17-37-24(39)16-27(20-5-7-23(30)8-6-20)9-11-38(12-10-27)25(40)41-26(2,3)4/h5-8,13-15,18H,9-12,16-17H2,1-4H3,(H,37,39)/t18-/m1/s1. The van der Waals surface area contributed by atoms with Crippen LogP contribution in [0.25, 0.3) is 0 Å². The SMILES string of the molecule is C[C@H](CNC(=O)CC1(c2ccc(F)cc2)CCN(C(=O)OC(C)(C)C)CC1)c1cc(C(F)(F)F)cc(C(F)(F)F)c1. The lowest BCUT2D eigenvalue weighted by atomic mass is 9.70. The van der Waals surface area contributed by atoms with Gasteiger partial charge in [0.2, 0.25) is 5.91 Å². The summed E-state index contributed by atoms with van der Waals surface area (Å²) in [6.45, 7) is 6.97. The normalized spacial score (nSPS) is 16.7. The van der Waals surface area contributed by atoms with Crippen molar-refractivity contribution < 1.29 is 45.1 Å². The van der Waals surface area contributed by atoms with Crippen LogP contribution in [0.4, 0.5) is 35.5 Å². The number of likely N-dealkylation sites (tertiary alicyclic amines) is 1. The number of hydrogen-bond acceptors (Lipinski definition) is 3. The molecule has 0 radical (unpaired) electrons. The number of nitrogens with zero attached hydrogens (tertiary/aromatic N) is 1. The average molecular weight is 591 g/mol. The highest BCUT2D eigenvalue weighted by Crippen LogP contribution is 2.40. The molecule has 2 aromatic carbocycles. The fraction of sp³-hybridized carbons (Fsp3) is 0.517. The molecule has 0 unspecified atom stereocenters. The molecule has 0 aromatic heterocycles. The Hall–Kier alpha value is -3.31. The Morgan fingerprint density at radius 2 is 1.44 bits per heavy atom. The Bertz CT molecular complexity index is 1190. The van der Waals surface area contributed by atoms with Crippen molar-refractivity contribution >= 4 is 12.0 Å². The first-order valence-electron chi connectivity index (χ1n) is 13.1. The Balaban J connectivity index is 1.75. The highest BCUT2D eigenvalue weighted by atomic mass is 19.4. The number of hydrogen-bond donors (Lipinski definition) is 1. The number of benzene rings is 2. The lowest BCUT2D eigenvalue weighted by Crippen LogP contribution is -2.48. The molecule has 1 aliphatic heterocycles. The lowest BCUT2D eigenvalue weighted by molar-refractivity contribution is -0.143. The van der Waals surface area contributed by atoms with E-state index in [0.717, 1.165) is 0 Å². The van der Waals surface area contributed by atoms with E-state index < -0.39 is 58.2 Å². The number of amides is 2. The van der Waals surface area contributed by atoms with Gasteiger partial charge in [-0.05, 0) is 81.0 Å². The fourth-order valence-corrected chi connectivity index (χ4v) is 4.83. The molecule has 2 aromatic rings. The summed E-state index contributed by atoms with van der Waals surface area (Å²) in [6, 6.07) is 7.03. The van der Waals surface area contributed by atoms with Gasteiger partial charge in [-0.15, -0.1) is 0 Å². The molecule has 5 nitrogen and oxygen atoms in total. The molecule has 41 heavy (non-hydrogen) atoms. The van der Waals surface area contributed by atoms with Crippen LogP contribution in [0.2, 0.25) is 0 Å². The smallest absolute Gasteiger partial charge is 0.416 e. The van der Waals surface area contributed by atoms with Crippen LogP contribution >= 0.6 is 0 Å². The molecular formula is C29H33F7N2O3. The molecule has 1 saturated heterocycles. The molecule has 1 atom stereocenters. The van der Waals surface area contributed by atoms with E-state index in [4.69, 9.17) is 4.74 Å². The van der Waals surface area contributed by atoms with Crippen molar-refractivity contribution in [3.63, 3.8) is 0 Å². The van der Waals surface area contributed by atoms with Gasteiger partial charge in [-0.25, -0.2) is 9.18 Å². The summed E-state index contributed by atoms with van der Waals surface area (Å²) in [5, 5.41) is 2.63. The van der Waals surface area contributed by atoms with Crippen LogP contribution in [0.15, 0.2) is 42.5 Å². The van der Waals surface area contributed by atoms with E-state index in [-0.39, 0.29) is 37.7 Å². The van der Waals surface area contributed by atoms with Crippen LogP contribution in [0.3, 0.4) is 0 Å². The fourth-order valence-electron chi connectivity index (χ4n) is 4.83. The summed E-state index contributed by atoms with van der Waals surface area (Å²) >= 11 is 0. The molecular weight excluding hydrogens is 557 g/mol. The van der Waals surface area contributed by atoms with Crippen molar-refractivity contribution in [2.45, 2.75) is 76.2 Å². The molecule has 0 bridgehead atoms. The van der Waals surface area contributed by atoms with Gasteiger partial charge in [-0.3, -0.25) is 4.79 Å². The molecule has 1 heterocycles. The summed E-state index contributed by atoms with van der Waals surface area (Å²) in [7, 11) is 0. The predicted octanol–water partition coefficient (Wildman–Crippen LogP) is 7.44. The van der Waals surface area contributed by atoms with E-state index in [1.54, 1.807) is 32.9 Å². The molecule has 12 heteroatoms. The second-order valence-electron chi connectivity index (χ2n) is 11.5. The summed E-state index contributed by atoms with van der Waals surface area (Å²) in [5.41, 5.74) is -3.86. The van der Waals surface area contributed by atoms with Crippen molar-refractivity contribution in [3.8, 4) is 0 Å². The van der Waals surface area contributed by atoms with Gasteiger partial charge in [-0.2, -0.15) is 26.3 Å². The zero-order chi connectivity index (χ0) is 30.8. The van der Waals surface area contributed by atoms with E-state index in [1.807, 2.05) is 0 Å². The van der Waals surface area contributed by atoms with Crippen LogP contribution in [0.1, 0.15) is 75.1 Å². The molecule has 1 N–H and O–H groups in total. The van der Waals surface area contributed by atoms with Gasteiger partial charge in [0, 0.05) is 31.5 Å². The van der Waals surface area contributed by atoms with Gasteiger partial charge >= 0.3 is 18.4 Å². The summed E-state index contributed by atoms with van der Waals surface area (Å²) < 4.78 is 98.7. The maximum atomic E-state index is 13.7. The first-order valence-corrected chi connectivity index (χ1v) is 13.1. The van der Waals surface area contributed by atoms with E-state index in [0.29, 0.717) is 30.5 Å². The third-order valence-electron chi connectivity index (χ3n) is 7.11. The van der Waals surface area contributed by atoms with Crippen LogP contribution in [-0.4, -0.2) is 42.1 Å². The van der Waals surface area contributed by atoms with Crippen LogP contribution in [0, 0.1) is 5.82 Å². The predicted molar refractivity (Wildman–Crippen MR) is 138 cm³/mol. The van der Waals surface area contributed by atoms with Gasteiger partial charge in [0.15, 0.2) is 0 Å². The molecule has 1 fully saturated rings. The molecule has 0 aliphatic carbocycles. The molecule has 0 spiro atoms. The average Bonchev–Trinajstić information content (AvgIpc) is 2.85. The zero-order valence-electron chi connectivity index (χ0n) is 23.2. The monoisotopic (exact) mass is 590 g/mol. The Morgan fingerprint density at radius 1 is 0.927 bits per heavy atom. The quantitative estimate of drug-likeness (QED) is 0.356. The summed E-state index contributed by atoms with van der Waals surface area (Å²) in [5.74, 6) is -1.80. The van der Waals surface area contributed by atoms with E-state index >= 15 is 0 Å². The molecule has 0 saturated carbocycles. The van der Waals surface area contributed by atoms with Gasteiger partial charge in [0.05, 0.1) is 11.1 Å². The molecule has 2 amide bonds. The van der Waals surface area contributed by atoms with Crippen molar-refractivity contribution in [2.24, 2.45) is 0 Å². The minimum atomic E-state index is -4.98. The van der Waals surface area contributed by atoms with E-state index in [1.165, 1.54) is 24.0 Å². The second kappa shape index (κ2) is 11.9. The summed E-state index contributed by atoms with van der Waals surface area (Å²) in [4.78, 5) is 27.2. The Morgan fingerprint density at radius 3 is 1.90 bits per heavy atom. The maximum Gasteiger partial charge on any atom is 0.416 e. The third-order valence-corrected chi connectivity index (χ3v) is 7.11. The highest BCUT2D eigenvalue weighted by Gasteiger charge is 2.41. The van der Waals surface area contributed by atoms with Crippen LogP contribution < -0.4 is 5.32 Å². The first-order chi connectivity index (χ1) is 18.8. The second-order valence-corrected chi connectivity index (χ2v) is 11.5. The third kappa shape index (κ3) is 8.59. The molecule has 3 rings (SSSR count). The molecule has 1 aliphatic rings. The topological polar surface area (TPSA) is 58.6 Å². The van der Waals surface area contributed by atoms with E-state index in [2.05, 4.69) is 5.32 Å². The number of halogens is 7. The van der Waals surface area contributed by atoms with Gasteiger partial charge in [0.1, 0.15) is 11.4 Å².